The lowest BCUT2D eigenvalue weighted by Gasteiger charge is -2.13. The highest BCUT2D eigenvalue weighted by Crippen LogP contribution is 2.18. The maximum absolute atomic E-state index is 12.1. The third-order valence-electron chi connectivity index (χ3n) is 2.84. The lowest BCUT2D eigenvalue weighted by Crippen LogP contribution is -2.33. The van der Waals surface area contributed by atoms with Crippen molar-refractivity contribution in [1.82, 2.24) is 9.62 Å². The Labute approximate surface area is 144 Å². The number of carbonyl (C=O) groups excluding carboxylic acids is 1. The Balaban J connectivity index is 2.09. The van der Waals surface area contributed by atoms with Gasteiger partial charge in [-0.25, -0.2) is 12.7 Å². The lowest BCUT2D eigenvalue weighted by atomic mass is 10.3. The number of benzene rings is 1. The van der Waals surface area contributed by atoms with Gasteiger partial charge in [0.2, 0.25) is 10.0 Å². The van der Waals surface area contributed by atoms with Crippen LogP contribution in [0.15, 0.2) is 46.7 Å². The molecule has 0 unspecified atom stereocenters. The first-order valence-corrected chi connectivity index (χ1v) is 9.22. The Morgan fingerprint density at radius 2 is 1.96 bits per heavy atom. The van der Waals surface area contributed by atoms with Gasteiger partial charge in [0.1, 0.15) is 0 Å². The average Bonchev–Trinajstić information content (AvgIpc) is 3.01. The van der Waals surface area contributed by atoms with E-state index in [1.54, 1.807) is 29.6 Å². The van der Waals surface area contributed by atoms with Crippen molar-refractivity contribution in [3.63, 3.8) is 0 Å². The molecule has 0 bridgehead atoms. The number of rotatable bonds is 4. The fourth-order valence-electron chi connectivity index (χ4n) is 1.68. The first-order chi connectivity index (χ1) is 10.8. The van der Waals surface area contributed by atoms with Crippen LogP contribution in [0.1, 0.15) is 9.67 Å². The zero-order valence-electron chi connectivity index (χ0n) is 12.4. The second-order valence-electron chi connectivity index (χ2n) is 4.70. The number of anilines is 1. The topological polar surface area (TPSA) is 78.5 Å². The van der Waals surface area contributed by atoms with E-state index >= 15 is 0 Å². The van der Waals surface area contributed by atoms with Crippen LogP contribution in [0.4, 0.5) is 5.69 Å². The standard InChI is InChI=1S/C14H15N3O3S3/c1-17(2)23(19,20)11-6-3-5-10(9-11)15-14(21)16-13(18)12-7-4-8-22-12/h3-9H,1-2H3,(H2,15,16,18,21). The van der Waals surface area contributed by atoms with Crippen molar-refractivity contribution in [2.45, 2.75) is 4.90 Å². The molecule has 0 spiro atoms. The lowest BCUT2D eigenvalue weighted by molar-refractivity contribution is 0.0981. The van der Waals surface area contributed by atoms with E-state index in [-0.39, 0.29) is 15.9 Å². The minimum Gasteiger partial charge on any atom is -0.332 e. The molecule has 23 heavy (non-hydrogen) atoms. The van der Waals surface area contributed by atoms with Crippen molar-refractivity contribution in [2.75, 3.05) is 19.4 Å². The van der Waals surface area contributed by atoms with Gasteiger partial charge in [-0.1, -0.05) is 12.1 Å². The quantitative estimate of drug-likeness (QED) is 0.807. The molecular weight excluding hydrogens is 354 g/mol. The van der Waals surface area contributed by atoms with Gasteiger partial charge in [0.25, 0.3) is 5.91 Å². The number of sulfonamides is 1. The number of carbonyl (C=O) groups is 1. The largest absolute Gasteiger partial charge is 0.332 e. The molecule has 0 saturated heterocycles. The van der Waals surface area contributed by atoms with Crippen LogP contribution in [0.3, 0.4) is 0 Å². The molecule has 6 nitrogen and oxygen atoms in total. The van der Waals surface area contributed by atoms with Crippen molar-refractivity contribution in [3.8, 4) is 0 Å². The Bertz CT molecular complexity index is 815. The zero-order valence-corrected chi connectivity index (χ0v) is 14.9. The van der Waals surface area contributed by atoms with E-state index in [0.717, 1.165) is 4.31 Å². The molecule has 2 N–H and O–H groups in total. The van der Waals surface area contributed by atoms with E-state index < -0.39 is 10.0 Å². The Morgan fingerprint density at radius 1 is 1.22 bits per heavy atom. The second-order valence-corrected chi connectivity index (χ2v) is 8.21. The third kappa shape index (κ3) is 4.35. The van der Waals surface area contributed by atoms with Gasteiger partial charge >= 0.3 is 0 Å². The molecule has 2 rings (SSSR count). The van der Waals surface area contributed by atoms with Gasteiger partial charge in [-0.3, -0.25) is 10.1 Å². The summed E-state index contributed by atoms with van der Waals surface area (Å²) in [6.45, 7) is 0. The fourth-order valence-corrected chi connectivity index (χ4v) is 3.46. The van der Waals surface area contributed by atoms with Gasteiger partial charge in [-0.2, -0.15) is 0 Å². The molecule has 2 aromatic rings. The van der Waals surface area contributed by atoms with E-state index in [0.29, 0.717) is 10.6 Å². The molecule has 0 fully saturated rings. The van der Waals surface area contributed by atoms with E-state index in [2.05, 4.69) is 10.6 Å². The molecule has 0 atom stereocenters. The number of thiocarbonyl (C=S) groups is 1. The van der Waals surface area contributed by atoms with E-state index in [1.165, 1.54) is 37.6 Å². The van der Waals surface area contributed by atoms with Crippen LogP contribution >= 0.6 is 23.6 Å². The van der Waals surface area contributed by atoms with E-state index in [9.17, 15) is 13.2 Å². The number of hydrogen-bond donors (Lipinski definition) is 2. The van der Waals surface area contributed by atoms with Crippen LogP contribution in [0.2, 0.25) is 0 Å². The summed E-state index contributed by atoms with van der Waals surface area (Å²) in [5, 5.41) is 7.24. The normalized spacial score (nSPS) is 11.3. The summed E-state index contributed by atoms with van der Waals surface area (Å²) in [4.78, 5) is 12.6. The van der Waals surface area contributed by atoms with E-state index in [4.69, 9.17) is 12.2 Å². The first kappa shape index (κ1) is 17.5. The van der Waals surface area contributed by atoms with Crippen molar-refractivity contribution >= 4 is 50.3 Å². The first-order valence-electron chi connectivity index (χ1n) is 6.49. The Kier molecular flexibility index (Phi) is 5.47. The summed E-state index contributed by atoms with van der Waals surface area (Å²) >= 11 is 6.38. The minimum absolute atomic E-state index is 0.0998. The maximum atomic E-state index is 12.1. The predicted molar refractivity (Wildman–Crippen MR) is 95.3 cm³/mol. The second kappa shape index (κ2) is 7.18. The highest BCUT2D eigenvalue weighted by molar-refractivity contribution is 7.89. The van der Waals surface area contributed by atoms with Crippen LogP contribution < -0.4 is 10.6 Å². The Hall–Kier alpha value is -1.81. The molecule has 0 aliphatic carbocycles. The van der Waals surface area contributed by atoms with Gasteiger partial charge in [-0.05, 0) is 41.9 Å². The summed E-state index contributed by atoms with van der Waals surface area (Å²) in [5.74, 6) is -0.311. The molecule has 1 aromatic carbocycles. The highest BCUT2D eigenvalue weighted by Gasteiger charge is 2.17. The van der Waals surface area contributed by atoms with Crippen LogP contribution in [-0.2, 0) is 10.0 Å². The molecule has 9 heteroatoms. The number of hydrogen-bond acceptors (Lipinski definition) is 5. The number of amides is 1. The molecule has 0 saturated carbocycles. The van der Waals surface area contributed by atoms with Crippen molar-refractivity contribution in [3.05, 3.63) is 46.7 Å². The van der Waals surface area contributed by atoms with Crippen molar-refractivity contribution in [1.29, 1.82) is 0 Å². The van der Waals surface area contributed by atoms with Gasteiger partial charge in [-0.15, -0.1) is 11.3 Å². The fraction of sp³-hybridized carbons (Fsp3) is 0.143. The summed E-state index contributed by atoms with van der Waals surface area (Å²) in [5.41, 5.74) is 0.476. The van der Waals surface area contributed by atoms with Gasteiger partial charge in [0.05, 0.1) is 9.77 Å². The van der Waals surface area contributed by atoms with Gasteiger partial charge in [0.15, 0.2) is 5.11 Å². The molecule has 0 aliphatic heterocycles. The number of nitrogens with zero attached hydrogens (tertiary/aromatic N) is 1. The summed E-state index contributed by atoms with van der Waals surface area (Å²) < 4.78 is 25.3. The molecule has 1 amide bonds. The summed E-state index contributed by atoms with van der Waals surface area (Å²) in [6, 6.07) is 9.67. The zero-order chi connectivity index (χ0) is 17.0. The molecule has 122 valence electrons. The monoisotopic (exact) mass is 369 g/mol. The van der Waals surface area contributed by atoms with Gasteiger partial charge < -0.3 is 5.32 Å². The average molecular weight is 369 g/mol. The SMILES string of the molecule is CN(C)S(=O)(=O)c1cccc(NC(=S)NC(=O)c2cccs2)c1. The summed E-state index contributed by atoms with van der Waals surface area (Å²) in [6.07, 6.45) is 0. The van der Waals surface area contributed by atoms with Gasteiger partial charge in [0, 0.05) is 19.8 Å². The predicted octanol–water partition coefficient (Wildman–Crippen LogP) is 2.13. The highest BCUT2D eigenvalue weighted by atomic mass is 32.2. The van der Waals surface area contributed by atoms with Crippen molar-refractivity contribution < 1.29 is 13.2 Å². The number of thiophene rings is 1. The van der Waals surface area contributed by atoms with Crippen LogP contribution in [0.5, 0.6) is 0 Å². The van der Waals surface area contributed by atoms with Crippen LogP contribution in [0, 0.1) is 0 Å². The third-order valence-corrected chi connectivity index (χ3v) is 5.73. The Morgan fingerprint density at radius 3 is 2.57 bits per heavy atom. The maximum Gasteiger partial charge on any atom is 0.267 e. The van der Waals surface area contributed by atoms with E-state index in [1.807, 2.05) is 0 Å². The smallest absolute Gasteiger partial charge is 0.267 e. The number of nitrogens with one attached hydrogen (secondary N) is 2. The summed E-state index contributed by atoms with van der Waals surface area (Å²) in [7, 11) is -0.610. The molecule has 1 heterocycles. The minimum atomic E-state index is -3.53. The van der Waals surface area contributed by atoms with Crippen LogP contribution in [0.25, 0.3) is 0 Å². The molecular formula is C14H15N3O3S3. The van der Waals surface area contributed by atoms with Crippen molar-refractivity contribution in [2.24, 2.45) is 0 Å². The van der Waals surface area contributed by atoms with Crippen LogP contribution in [-0.4, -0.2) is 37.8 Å². The molecule has 0 radical (unpaired) electrons. The molecule has 1 aromatic heterocycles. The molecule has 0 aliphatic rings.